The number of nitrogens with one attached hydrogen (secondary N) is 1. The molecule has 10 heteroatoms. The number of hydrogen-bond donors (Lipinski definition) is 1. The second kappa shape index (κ2) is 9.11. The summed E-state index contributed by atoms with van der Waals surface area (Å²) in [6, 6.07) is 6.56. The van der Waals surface area contributed by atoms with Crippen LogP contribution in [-0.4, -0.2) is 63.3 Å². The lowest BCUT2D eigenvalue weighted by Crippen LogP contribution is -2.45. The van der Waals surface area contributed by atoms with E-state index in [9.17, 15) is 21.6 Å². The molecule has 0 unspecified atom stereocenters. The van der Waals surface area contributed by atoms with E-state index in [0.717, 1.165) is 18.4 Å². The summed E-state index contributed by atoms with van der Waals surface area (Å²) in [5, 5.41) is 2.85. The second-order valence-electron chi connectivity index (χ2n) is 7.57. The zero-order chi connectivity index (χ0) is 21.1. The molecule has 1 aromatic rings. The van der Waals surface area contributed by atoms with Gasteiger partial charge in [-0.25, -0.2) is 21.1 Å². The van der Waals surface area contributed by atoms with E-state index >= 15 is 0 Å². The number of carbonyl (C=O) groups excluding carboxylic acids is 1. The van der Waals surface area contributed by atoms with E-state index < -0.39 is 20.0 Å². The zero-order valence-corrected chi connectivity index (χ0v) is 18.3. The first-order valence-electron chi connectivity index (χ1n) is 10.1. The Balaban J connectivity index is 1.56. The van der Waals surface area contributed by atoms with Crippen LogP contribution in [0, 0.1) is 5.92 Å². The molecule has 3 rings (SSSR count). The minimum atomic E-state index is -3.44. The molecule has 162 valence electrons. The lowest BCUT2D eigenvalue weighted by molar-refractivity contribution is -0.126. The molecule has 2 aliphatic rings. The van der Waals surface area contributed by atoms with Crippen molar-refractivity contribution in [1.82, 2.24) is 13.9 Å². The van der Waals surface area contributed by atoms with Crippen LogP contribution in [-0.2, 0) is 31.4 Å². The fourth-order valence-corrected chi connectivity index (χ4v) is 6.48. The van der Waals surface area contributed by atoms with Crippen LogP contribution < -0.4 is 5.32 Å². The van der Waals surface area contributed by atoms with Gasteiger partial charge in [-0.3, -0.25) is 4.79 Å². The molecule has 0 bridgehead atoms. The first-order chi connectivity index (χ1) is 13.7. The van der Waals surface area contributed by atoms with Gasteiger partial charge in [0.2, 0.25) is 26.0 Å². The van der Waals surface area contributed by atoms with Gasteiger partial charge in [-0.2, -0.15) is 4.31 Å². The van der Waals surface area contributed by atoms with E-state index in [1.54, 1.807) is 31.2 Å². The van der Waals surface area contributed by atoms with Crippen molar-refractivity contribution in [2.75, 3.05) is 31.9 Å². The third-order valence-corrected chi connectivity index (χ3v) is 9.37. The van der Waals surface area contributed by atoms with Crippen molar-refractivity contribution < 1.29 is 21.6 Å². The molecule has 2 saturated heterocycles. The maximum Gasteiger partial charge on any atom is 0.243 e. The summed E-state index contributed by atoms with van der Waals surface area (Å²) >= 11 is 0. The largest absolute Gasteiger partial charge is 0.352 e. The van der Waals surface area contributed by atoms with E-state index in [2.05, 4.69) is 5.32 Å². The predicted molar refractivity (Wildman–Crippen MR) is 110 cm³/mol. The topological polar surface area (TPSA) is 104 Å². The van der Waals surface area contributed by atoms with Crippen LogP contribution in [0.4, 0.5) is 0 Å². The minimum Gasteiger partial charge on any atom is -0.352 e. The number of rotatable bonds is 7. The van der Waals surface area contributed by atoms with Crippen molar-refractivity contribution in [1.29, 1.82) is 0 Å². The smallest absolute Gasteiger partial charge is 0.243 e. The van der Waals surface area contributed by atoms with Gasteiger partial charge in [0.25, 0.3) is 0 Å². The number of carbonyl (C=O) groups is 1. The highest BCUT2D eigenvalue weighted by atomic mass is 32.2. The summed E-state index contributed by atoms with van der Waals surface area (Å²) in [5.74, 6) is -0.497. The van der Waals surface area contributed by atoms with Gasteiger partial charge in [-0.15, -0.1) is 0 Å². The quantitative estimate of drug-likeness (QED) is 0.681. The molecule has 1 N–H and O–H groups in total. The third-order valence-electron chi connectivity index (χ3n) is 5.61. The maximum absolute atomic E-state index is 12.6. The third kappa shape index (κ3) is 5.17. The van der Waals surface area contributed by atoms with Gasteiger partial charge < -0.3 is 5.32 Å². The maximum atomic E-state index is 12.6. The number of benzene rings is 1. The first kappa shape index (κ1) is 22.2. The highest BCUT2D eigenvalue weighted by Crippen LogP contribution is 2.22. The highest BCUT2D eigenvalue weighted by Gasteiger charge is 2.31. The Morgan fingerprint density at radius 1 is 1.00 bits per heavy atom. The average Bonchev–Trinajstić information content (AvgIpc) is 3.28. The number of amides is 1. The minimum absolute atomic E-state index is 0.0357. The molecule has 2 aliphatic heterocycles. The Morgan fingerprint density at radius 2 is 1.62 bits per heavy atom. The predicted octanol–water partition coefficient (Wildman–Crippen LogP) is 1.15. The Hall–Kier alpha value is -1.49. The summed E-state index contributed by atoms with van der Waals surface area (Å²) in [5.41, 5.74) is 0.799. The van der Waals surface area contributed by atoms with Crippen molar-refractivity contribution in [2.24, 2.45) is 5.92 Å². The van der Waals surface area contributed by atoms with Crippen LogP contribution in [0.3, 0.4) is 0 Å². The monoisotopic (exact) mass is 443 g/mol. The Bertz CT molecular complexity index is 923. The van der Waals surface area contributed by atoms with Crippen molar-refractivity contribution in [2.45, 2.75) is 44.0 Å². The number of nitrogens with zero attached hydrogens (tertiary/aromatic N) is 2. The average molecular weight is 444 g/mol. The molecular formula is C19H29N3O5S2. The van der Waals surface area contributed by atoms with Crippen LogP contribution in [0.15, 0.2) is 29.2 Å². The number of piperidine rings is 1. The number of sulfonamides is 2. The van der Waals surface area contributed by atoms with Crippen molar-refractivity contribution >= 4 is 26.0 Å². The molecule has 0 radical (unpaired) electrons. The highest BCUT2D eigenvalue weighted by molar-refractivity contribution is 7.89. The molecule has 29 heavy (non-hydrogen) atoms. The zero-order valence-electron chi connectivity index (χ0n) is 16.7. The molecule has 0 aromatic heterocycles. The molecule has 1 aromatic carbocycles. The van der Waals surface area contributed by atoms with Gasteiger partial charge in [-0.1, -0.05) is 12.1 Å². The lowest BCUT2D eigenvalue weighted by atomic mass is 9.99. The fourth-order valence-electron chi connectivity index (χ4n) is 3.78. The van der Waals surface area contributed by atoms with Gasteiger partial charge in [0, 0.05) is 32.7 Å². The van der Waals surface area contributed by atoms with E-state index in [4.69, 9.17) is 0 Å². The van der Waals surface area contributed by atoms with Gasteiger partial charge in [0.05, 0.1) is 16.6 Å². The van der Waals surface area contributed by atoms with Gasteiger partial charge in [-0.05, 0) is 50.3 Å². The summed E-state index contributed by atoms with van der Waals surface area (Å²) in [4.78, 5) is 12.8. The molecule has 0 spiro atoms. The van der Waals surface area contributed by atoms with Crippen LogP contribution >= 0.6 is 0 Å². The van der Waals surface area contributed by atoms with Crippen LogP contribution in [0.5, 0.6) is 0 Å². The Morgan fingerprint density at radius 3 is 2.24 bits per heavy atom. The molecule has 2 fully saturated rings. The molecule has 1 amide bonds. The summed E-state index contributed by atoms with van der Waals surface area (Å²) in [7, 11) is -6.73. The van der Waals surface area contributed by atoms with E-state index in [1.807, 2.05) is 0 Å². The fraction of sp³-hybridized carbons (Fsp3) is 0.632. The molecular weight excluding hydrogens is 414 g/mol. The molecule has 0 saturated carbocycles. The normalized spacial score (nSPS) is 21.9. The second-order valence-corrected chi connectivity index (χ2v) is 11.8. The summed E-state index contributed by atoms with van der Waals surface area (Å²) < 4.78 is 52.1. The van der Waals surface area contributed by atoms with Crippen molar-refractivity contribution in [3.05, 3.63) is 29.8 Å². The van der Waals surface area contributed by atoms with E-state index in [-0.39, 0.29) is 35.6 Å². The molecule has 8 nitrogen and oxygen atoms in total. The van der Waals surface area contributed by atoms with Gasteiger partial charge >= 0.3 is 0 Å². The standard InChI is InChI=1S/C19H29N3O5S2/c1-2-28(24,25)22-13-5-6-17(15-22)19(23)20-14-16-7-9-18(10-8-16)29(26,27)21-11-3-4-12-21/h7-10,17H,2-6,11-15H2,1H3,(H,20,23)/t17-/m1/s1. The summed E-state index contributed by atoms with van der Waals surface area (Å²) in [6.07, 6.45) is 3.11. The van der Waals surface area contributed by atoms with Crippen LogP contribution in [0.2, 0.25) is 0 Å². The SMILES string of the molecule is CCS(=O)(=O)N1CCC[C@@H](C(=O)NCc2ccc(S(=O)(=O)N3CCCC3)cc2)C1. The molecule has 2 heterocycles. The van der Waals surface area contributed by atoms with Crippen LogP contribution in [0.1, 0.15) is 38.2 Å². The van der Waals surface area contributed by atoms with Gasteiger partial charge in [0.15, 0.2) is 0 Å². The molecule has 1 atom stereocenters. The van der Waals surface area contributed by atoms with Crippen molar-refractivity contribution in [3.63, 3.8) is 0 Å². The number of hydrogen-bond acceptors (Lipinski definition) is 5. The lowest BCUT2D eigenvalue weighted by Gasteiger charge is -2.30. The first-order valence-corrected chi connectivity index (χ1v) is 13.1. The Kier molecular flexibility index (Phi) is 6.98. The van der Waals surface area contributed by atoms with Crippen molar-refractivity contribution in [3.8, 4) is 0 Å². The summed E-state index contributed by atoms with van der Waals surface area (Å²) in [6.45, 7) is 3.69. The molecule has 0 aliphatic carbocycles. The van der Waals surface area contributed by atoms with Gasteiger partial charge in [0.1, 0.15) is 0 Å². The van der Waals surface area contributed by atoms with Crippen LogP contribution in [0.25, 0.3) is 0 Å². The van der Waals surface area contributed by atoms with E-state index in [1.165, 1.54) is 8.61 Å². The Labute approximate surface area is 173 Å². The van der Waals surface area contributed by atoms with E-state index in [0.29, 0.717) is 32.5 Å².